The Morgan fingerprint density at radius 3 is 2.71 bits per heavy atom. The van der Waals surface area contributed by atoms with Gasteiger partial charge in [-0.25, -0.2) is 4.79 Å². The number of nitrogens with zero attached hydrogens (tertiary/aromatic N) is 1. The number of hydrogen-bond donors (Lipinski definition) is 1. The summed E-state index contributed by atoms with van der Waals surface area (Å²) in [4.78, 5) is 29.5. The molecule has 1 aliphatic heterocycles. The quantitative estimate of drug-likeness (QED) is 0.683. The number of ether oxygens (including phenoxy) is 1. The van der Waals surface area contributed by atoms with Gasteiger partial charge < -0.3 is 9.72 Å². The standard InChI is InChI=1S/C16H24N2O3/c1-10-6-5-7-18(8-10)9-13(19)15-11(2)14(12(3)17-15)16(20)21-4/h10,17H,5-9H2,1-4H3/t10-/m1/s1. The molecule has 1 N–H and O–H groups in total. The normalized spacial score (nSPS) is 19.5. The van der Waals surface area contributed by atoms with E-state index in [2.05, 4.69) is 16.8 Å². The highest BCUT2D eigenvalue weighted by atomic mass is 16.5. The van der Waals surface area contributed by atoms with Crippen LogP contribution in [0.3, 0.4) is 0 Å². The zero-order chi connectivity index (χ0) is 15.6. The highest BCUT2D eigenvalue weighted by molar-refractivity contribution is 6.02. The number of aromatic amines is 1. The largest absolute Gasteiger partial charge is 0.465 e. The van der Waals surface area contributed by atoms with E-state index in [0.717, 1.165) is 19.5 Å². The summed E-state index contributed by atoms with van der Waals surface area (Å²) in [5, 5.41) is 0. The van der Waals surface area contributed by atoms with Crippen LogP contribution >= 0.6 is 0 Å². The van der Waals surface area contributed by atoms with Crippen molar-refractivity contribution in [2.75, 3.05) is 26.7 Å². The Hall–Kier alpha value is -1.62. The van der Waals surface area contributed by atoms with E-state index >= 15 is 0 Å². The third-order valence-corrected chi connectivity index (χ3v) is 4.21. The third-order valence-electron chi connectivity index (χ3n) is 4.21. The predicted octanol–water partition coefficient (Wildman–Crippen LogP) is 2.33. The minimum absolute atomic E-state index is 0.0415. The molecule has 0 unspecified atom stereocenters. The van der Waals surface area contributed by atoms with Crippen LogP contribution in [0.2, 0.25) is 0 Å². The molecule has 0 spiro atoms. The van der Waals surface area contributed by atoms with E-state index in [1.165, 1.54) is 13.5 Å². The first-order valence-corrected chi connectivity index (χ1v) is 7.47. The fraction of sp³-hybridized carbons (Fsp3) is 0.625. The Morgan fingerprint density at radius 2 is 2.10 bits per heavy atom. The second kappa shape index (κ2) is 6.43. The molecule has 0 aromatic carbocycles. The lowest BCUT2D eigenvalue weighted by Gasteiger charge is -2.30. The monoisotopic (exact) mass is 292 g/mol. The van der Waals surface area contributed by atoms with Gasteiger partial charge in [0.05, 0.1) is 24.9 Å². The minimum atomic E-state index is -0.396. The van der Waals surface area contributed by atoms with Gasteiger partial charge in [0.25, 0.3) is 0 Å². The maximum absolute atomic E-state index is 12.5. The van der Waals surface area contributed by atoms with E-state index < -0.39 is 5.97 Å². The van der Waals surface area contributed by atoms with Crippen LogP contribution in [0.1, 0.15) is 51.9 Å². The molecular weight excluding hydrogens is 268 g/mol. The number of H-pyrrole nitrogens is 1. The van der Waals surface area contributed by atoms with Crippen LogP contribution in [0, 0.1) is 19.8 Å². The molecule has 1 atom stereocenters. The lowest BCUT2D eigenvalue weighted by atomic mass is 10.00. The van der Waals surface area contributed by atoms with Crippen molar-refractivity contribution in [1.82, 2.24) is 9.88 Å². The SMILES string of the molecule is COC(=O)c1c(C)[nH]c(C(=O)CN2CCC[C@@H](C)C2)c1C. The summed E-state index contributed by atoms with van der Waals surface area (Å²) in [7, 11) is 1.35. The molecule has 2 rings (SSSR count). The predicted molar refractivity (Wildman–Crippen MR) is 80.8 cm³/mol. The summed E-state index contributed by atoms with van der Waals surface area (Å²) in [6.07, 6.45) is 2.38. The maximum atomic E-state index is 12.5. The molecule has 0 bridgehead atoms. The van der Waals surface area contributed by atoms with Crippen molar-refractivity contribution in [2.24, 2.45) is 5.92 Å². The molecule has 1 aliphatic rings. The molecule has 1 aromatic rings. The smallest absolute Gasteiger partial charge is 0.339 e. The number of aromatic nitrogens is 1. The molecule has 5 heteroatoms. The number of likely N-dealkylation sites (tertiary alicyclic amines) is 1. The van der Waals surface area contributed by atoms with Crippen molar-refractivity contribution in [3.05, 3.63) is 22.5 Å². The van der Waals surface area contributed by atoms with E-state index in [1.54, 1.807) is 13.8 Å². The average molecular weight is 292 g/mol. The topological polar surface area (TPSA) is 62.4 Å². The second-order valence-electron chi connectivity index (χ2n) is 6.02. The van der Waals surface area contributed by atoms with Crippen LogP contribution in [-0.4, -0.2) is 48.4 Å². The van der Waals surface area contributed by atoms with Gasteiger partial charge in [-0.3, -0.25) is 9.69 Å². The fourth-order valence-corrected chi connectivity index (χ4v) is 3.15. The Labute approximate surface area is 125 Å². The van der Waals surface area contributed by atoms with Crippen LogP contribution in [0.5, 0.6) is 0 Å². The van der Waals surface area contributed by atoms with Gasteiger partial charge in [-0.05, 0) is 44.7 Å². The van der Waals surface area contributed by atoms with Crippen molar-refractivity contribution >= 4 is 11.8 Å². The molecule has 116 valence electrons. The number of hydrogen-bond acceptors (Lipinski definition) is 4. The zero-order valence-electron chi connectivity index (χ0n) is 13.3. The van der Waals surface area contributed by atoms with Gasteiger partial charge in [-0.1, -0.05) is 6.92 Å². The van der Waals surface area contributed by atoms with Crippen LogP contribution < -0.4 is 0 Å². The van der Waals surface area contributed by atoms with E-state index in [0.29, 0.717) is 35.0 Å². The van der Waals surface area contributed by atoms with Gasteiger partial charge in [0.2, 0.25) is 0 Å². The molecule has 1 fully saturated rings. The van der Waals surface area contributed by atoms with Crippen LogP contribution in [-0.2, 0) is 4.74 Å². The highest BCUT2D eigenvalue weighted by Crippen LogP contribution is 2.21. The first-order valence-electron chi connectivity index (χ1n) is 7.47. The number of piperidine rings is 1. The summed E-state index contributed by atoms with van der Waals surface area (Å²) >= 11 is 0. The Kier molecular flexibility index (Phi) is 4.83. The Morgan fingerprint density at radius 1 is 1.38 bits per heavy atom. The number of carbonyl (C=O) groups is 2. The molecular formula is C16H24N2O3. The Balaban J connectivity index is 2.14. The second-order valence-corrected chi connectivity index (χ2v) is 6.02. The number of ketones is 1. The van der Waals surface area contributed by atoms with E-state index in [1.807, 2.05) is 0 Å². The summed E-state index contributed by atoms with van der Waals surface area (Å²) in [5.41, 5.74) is 2.39. The molecule has 21 heavy (non-hydrogen) atoms. The molecule has 1 saturated heterocycles. The van der Waals surface area contributed by atoms with Crippen molar-refractivity contribution in [3.8, 4) is 0 Å². The van der Waals surface area contributed by atoms with Crippen molar-refractivity contribution in [3.63, 3.8) is 0 Å². The fourth-order valence-electron chi connectivity index (χ4n) is 3.15. The van der Waals surface area contributed by atoms with Gasteiger partial charge in [-0.2, -0.15) is 0 Å². The molecule has 0 saturated carbocycles. The molecule has 5 nitrogen and oxygen atoms in total. The third kappa shape index (κ3) is 3.35. The van der Waals surface area contributed by atoms with Crippen molar-refractivity contribution < 1.29 is 14.3 Å². The van der Waals surface area contributed by atoms with Crippen molar-refractivity contribution in [2.45, 2.75) is 33.6 Å². The summed E-state index contributed by atoms with van der Waals surface area (Å²) < 4.78 is 4.77. The maximum Gasteiger partial charge on any atom is 0.339 e. The minimum Gasteiger partial charge on any atom is -0.465 e. The van der Waals surface area contributed by atoms with Crippen LogP contribution in [0.15, 0.2) is 0 Å². The number of methoxy groups -OCH3 is 1. The van der Waals surface area contributed by atoms with Crippen molar-refractivity contribution in [1.29, 1.82) is 0 Å². The first-order chi connectivity index (χ1) is 9.93. The molecule has 1 aromatic heterocycles. The summed E-state index contributed by atoms with van der Waals surface area (Å²) in [5.74, 6) is 0.287. The van der Waals surface area contributed by atoms with E-state index in [4.69, 9.17) is 4.74 Å². The van der Waals surface area contributed by atoms with Gasteiger partial charge in [0, 0.05) is 12.2 Å². The number of rotatable bonds is 4. The zero-order valence-corrected chi connectivity index (χ0v) is 13.3. The van der Waals surface area contributed by atoms with Crippen LogP contribution in [0.4, 0.5) is 0 Å². The number of nitrogens with one attached hydrogen (secondary N) is 1. The van der Waals surface area contributed by atoms with Gasteiger partial charge in [-0.15, -0.1) is 0 Å². The number of esters is 1. The highest BCUT2D eigenvalue weighted by Gasteiger charge is 2.25. The molecule has 0 amide bonds. The average Bonchev–Trinajstić information content (AvgIpc) is 2.73. The van der Waals surface area contributed by atoms with Gasteiger partial charge in [0.1, 0.15) is 0 Å². The lowest BCUT2D eigenvalue weighted by molar-refractivity contribution is 0.0599. The number of aryl methyl sites for hydroxylation is 1. The molecule has 2 heterocycles. The summed E-state index contributed by atoms with van der Waals surface area (Å²) in [6.45, 7) is 8.15. The molecule has 0 aliphatic carbocycles. The first kappa shape index (κ1) is 15.8. The molecule has 0 radical (unpaired) electrons. The number of Topliss-reactive ketones (excluding diaryl/α,β-unsaturated/α-hetero) is 1. The number of carbonyl (C=O) groups excluding carboxylic acids is 2. The Bertz CT molecular complexity index is 548. The van der Waals surface area contributed by atoms with Gasteiger partial charge in [0.15, 0.2) is 5.78 Å². The van der Waals surface area contributed by atoms with E-state index in [-0.39, 0.29) is 5.78 Å². The van der Waals surface area contributed by atoms with Gasteiger partial charge >= 0.3 is 5.97 Å². The summed E-state index contributed by atoms with van der Waals surface area (Å²) in [6, 6.07) is 0. The van der Waals surface area contributed by atoms with Crippen LogP contribution in [0.25, 0.3) is 0 Å². The lowest BCUT2D eigenvalue weighted by Crippen LogP contribution is -2.38. The van der Waals surface area contributed by atoms with E-state index in [9.17, 15) is 9.59 Å².